The number of nitrogens with zero attached hydrogens (tertiary/aromatic N) is 2. The third kappa shape index (κ3) is 4.19. The van der Waals surface area contributed by atoms with E-state index in [9.17, 15) is 0 Å². The van der Waals surface area contributed by atoms with Gasteiger partial charge in [-0.25, -0.2) is 9.78 Å². The lowest BCUT2D eigenvalue weighted by Gasteiger charge is -1.90. The van der Waals surface area contributed by atoms with Gasteiger partial charge in [0.2, 0.25) is 0 Å². The molecule has 0 saturated heterocycles. The summed E-state index contributed by atoms with van der Waals surface area (Å²) in [6.07, 6.45) is 3.56. The first-order valence-electron chi connectivity index (χ1n) is 4.06. The molecular formula is C9H10N4OS. The Morgan fingerprint density at radius 2 is 1.93 bits per heavy atom. The van der Waals surface area contributed by atoms with Gasteiger partial charge in [0, 0.05) is 17.8 Å². The van der Waals surface area contributed by atoms with E-state index in [1.54, 1.807) is 23.7 Å². The van der Waals surface area contributed by atoms with Gasteiger partial charge >= 0.3 is 6.03 Å². The van der Waals surface area contributed by atoms with Crippen LogP contribution in [-0.4, -0.2) is 16.0 Å². The van der Waals surface area contributed by atoms with Crippen molar-refractivity contribution in [2.75, 3.05) is 0 Å². The lowest BCUT2D eigenvalue weighted by Crippen LogP contribution is -2.18. The molecule has 5 nitrogen and oxygen atoms in total. The van der Waals surface area contributed by atoms with Gasteiger partial charge in [-0.2, -0.15) is 0 Å². The highest BCUT2D eigenvalue weighted by molar-refractivity contribution is 7.13. The molecule has 2 aromatic heterocycles. The van der Waals surface area contributed by atoms with E-state index >= 15 is 0 Å². The first kappa shape index (κ1) is 11.1. The zero-order valence-corrected chi connectivity index (χ0v) is 8.65. The molecule has 2 aromatic rings. The number of aromatic nitrogens is 2. The number of nitrogens with two attached hydrogens (primary N) is 2. The molecule has 0 fully saturated rings. The molecule has 0 aliphatic carbocycles. The molecule has 0 atom stereocenters. The maximum absolute atomic E-state index is 9.00. The van der Waals surface area contributed by atoms with Gasteiger partial charge < -0.3 is 11.5 Å². The molecule has 0 bridgehead atoms. The summed E-state index contributed by atoms with van der Waals surface area (Å²) in [5.74, 6) is 0. The molecule has 0 saturated carbocycles. The zero-order chi connectivity index (χ0) is 11.1. The molecule has 2 rings (SSSR count). The Morgan fingerprint density at radius 3 is 2.40 bits per heavy atom. The van der Waals surface area contributed by atoms with Gasteiger partial charge in [-0.15, -0.1) is 11.3 Å². The number of thiazole rings is 1. The van der Waals surface area contributed by atoms with Gasteiger partial charge in [-0.1, -0.05) is 6.07 Å². The first-order valence-corrected chi connectivity index (χ1v) is 4.94. The summed E-state index contributed by atoms with van der Waals surface area (Å²) in [5, 5.41) is 2.93. The van der Waals surface area contributed by atoms with Crippen LogP contribution in [0.1, 0.15) is 0 Å². The average molecular weight is 222 g/mol. The minimum Gasteiger partial charge on any atom is -0.352 e. The van der Waals surface area contributed by atoms with E-state index in [1.165, 1.54) is 0 Å². The van der Waals surface area contributed by atoms with Crippen LogP contribution in [0.3, 0.4) is 0 Å². The maximum atomic E-state index is 9.00. The Kier molecular flexibility index (Phi) is 4.24. The maximum Gasteiger partial charge on any atom is 0.309 e. The molecule has 2 amide bonds. The fourth-order valence-corrected chi connectivity index (χ4v) is 1.45. The van der Waals surface area contributed by atoms with Crippen molar-refractivity contribution in [3.8, 4) is 10.7 Å². The lowest BCUT2D eigenvalue weighted by atomic mass is 10.4. The van der Waals surface area contributed by atoms with E-state index in [1.807, 2.05) is 23.6 Å². The molecule has 0 aliphatic heterocycles. The minimum absolute atomic E-state index is 0.833. The highest BCUT2D eigenvalue weighted by atomic mass is 32.1. The summed E-state index contributed by atoms with van der Waals surface area (Å²) < 4.78 is 0. The largest absolute Gasteiger partial charge is 0.352 e. The van der Waals surface area contributed by atoms with E-state index < -0.39 is 6.03 Å². The van der Waals surface area contributed by atoms with Crippen molar-refractivity contribution in [3.63, 3.8) is 0 Å². The van der Waals surface area contributed by atoms with E-state index in [2.05, 4.69) is 21.4 Å². The van der Waals surface area contributed by atoms with Crippen molar-refractivity contribution in [2.45, 2.75) is 0 Å². The summed E-state index contributed by atoms with van der Waals surface area (Å²) in [4.78, 5) is 17.3. The molecular weight excluding hydrogens is 212 g/mol. The molecule has 0 aromatic carbocycles. The van der Waals surface area contributed by atoms with Gasteiger partial charge in [0.05, 0.1) is 5.69 Å². The average Bonchev–Trinajstić information content (AvgIpc) is 2.71. The van der Waals surface area contributed by atoms with Crippen molar-refractivity contribution < 1.29 is 4.79 Å². The Bertz CT molecular complexity index is 397. The Labute approximate surface area is 90.8 Å². The molecule has 2 heterocycles. The van der Waals surface area contributed by atoms with Crippen LogP contribution >= 0.6 is 11.3 Å². The van der Waals surface area contributed by atoms with Gasteiger partial charge in [0.1, 0.15) is 5.01 Å². The van der Waals surface area contributed by atoms with Crippen LogP contribution in [-0.2, 0) is 0 Å². The number of primary amides is 2. The second-order valence-corrected chi connectivity index (χ2v) is 3.35. The van der Waals surface area contributed by atoms with Crippen LogP contribution in [0.5, 0.6) is 0 Å². The molecule has 15 heavy (non-hydrogen) atoms. The third-order valence-corrected chi connectivity index (χ3v) is 2.11. The molecule has 0 unspecified atom stereocenters. The molecule has 0 spiro atoms. The number of urea groups is 1. The van der Waals surface area contributed by atoms with Crippen molar-refractivity contribution in [1.29, 1.82) is 0 Å². The Morgan fingerprint density at radius 1 is 1.20 bits per heavy atom. The quantitative estimate of drug-likeness (QED) is 0.759. The molecule has 78 valence electrons. The predicted molar refractivity (Wildman–Crippen MR) is 59.1 cm³/mol. The van der Waals surface area contributed by atoms with E-state index in [0.29, 0.717) is 0 Å². The smallest absolute Gasteiger partial charge is 0.309 e. The number of amides is 2. The molecule has 0 aliphatic rings. The SMILES string of the molecule is NC(N)=O.c1ccc(-c2nccs2)nc1. The summed E-state index contributed by atoms with van der Waals surface area (Å²) in [5.41, 5.74) is 9.45. The number of carbonyl (C=O) groups is 1. The van der Waals surface area contributed by atoms with Gasteiger partial charge in [-0.05, 0) is 12.1 Å². The summed E-state index contributed by atoms with van der Waals surface area (Å²) in [7, 11) is 0. The second-order valence-electron chi connectivity index (χ2n) is 2.45. The second kappa shape index (κ2) is 5.71. The van der Waals surface area contributed by atoms with Crippen molar-refractivity contribution in [2.24, 2.45) is 11.5 Å². The van der Waals surface area contributed by atoms with Crippen molar-refractivity contribution >= 4 is 17.4 Å². The summed E-state index contributed by atoms with van der Waals surface area (Å²) in [6, 6.07) is 4.99. The summed E-state index contributed by atoms with van der Waals surface area (Å²) in [6.45, 7) is 0. The third-order valence-electron chi connectivity index (χ3n) is 1.32. The van der Waals surface area contributed by atoms with E-state index in [4.69, 9.17) is 4.79 Å². The van der Waals surface area contributed by atoms with Crippen LogP contribution in [0.25, 0.3) is 10.7 Å². The number of hydrogen-bond acceptors (Lipinski definition) is 4. The number of rotatable bonds is 1. The molecule has 6 heteroatoms. The van der Waals surface area contributed by atoms with E-state index in [0.717, 1.165) is 10.7 Å². The van der Waals surface area contributed by atoms with Crippen LogP contribution in [0.15, 0.2) is 36.0 Å². The summed E-state index contributed by atoms with van der Waals surface area (Å²) >= 11 is 1.60. The van der Waals surface area contributed by atoms with E-state index in [-0.39, 0.29) is 0 Å². The standard InChI is InChI=1S/C8H6N2S.CH4N2O/c1-2-4-9-7(3-1)8-10-5-6-11-8;2-1(3)4/h1-6H;(H4,2,3,4). The Hall–Kier alpha value is -1.95. The minimum atomic E-state index is -0.833. The van der Waals surface area contributed by atoms with Crippen molar-refractivity contribution in [1.82, 2.24) is 9.97 Å². The number of hydrogen-bond donors (Lipinski definition) is 2. The first-order chi connectivity index (χ1) is 7.20. The van der Waals surface area contributed by atoms with Crippen LogP contribution in [0.2, 0.25) is 0 Å². The van der Waals surface area contributed by atoms with Gasteiger partial charge in [0.25, 0.3) is 0 Å². The van der Waals surface area contributed by atoms with Gasteiger partial charge in [0.15, 0.2) is 0 Å². The number of pyridine rings is 1. The monoisotopic (exact) mass is 222 g/mol. The van der Waals surface area contributed by atoms with Crippen LogP contribution < -0.4 is 11.5 Å². The predicted octanol–water partition coefficient (Wildman–Crippen LogP) is 1.23. The highest BCUT2D eigenvalue weighted by Gasteiger charge is 1.97. The zero-order valence-electron chi connectivity index (χ0n) is 7.83. The fraction of sp³-hybridized carbons (Fsp3) is 0. The fourth-order valence-electron chi connectivity index (χ4n) is 0.839. The molecule has 0 radical (unpaired) electrons. The van der Waals surface area contributed by atoms with Crippen LogP contribution in [0, 0.1) is 0 Å². The molecule has 4 N–H and O–H groups in total. The lowest BCUT2D eigenvalue weighted by molar-refractivity contribution is 0.256. The Balaban J connectivity index is 0.000000245. The van der Waals surface area contributed by atoms with Crippen LogP contribution in [0.4, 0.5) is 4.79 Å². The highest BCUT2D eigenvalue weighted by Crippen LogP contribution is 2.17. The van der Waals surface area contributed by atoms with Crippen molar-refractivity contribution in [3.05, 3.63) is 36.0 Å². The van der Waals surface area contributed by atoms with Gasteiger partial charge in [-0.3, -0.25) is 4.98 Å². The normalized spacial score (nSPS) is 8.80. The number of carbonyl (C=O) groups excluding carboxylic acids is 1. The topological polar surface area (TPSA) is 94.9 Å².